The highest BCUT2D eigenvalue weighted by Gasteiger charge is 2.25. The van der Waals surface area contributed by atoms with E-state index < -0.39 is 11.9 Å². The number of carbonyl (C=O) groups excluding carboxylic acids is 1. The molecule has 1 aliphatic rings. The first kappa shape index (κ1) is 17.4. The molecule has 8 heteroatoms. The topological polar surface area (TPSA) is 107 Å². The van der Waals surface area contributed by atoms with Gasteiger partial charge in [-0.1, -0.05) is 6.92 Å². The Balaban J connectivity index is 2.14. The number of hydrogen-bond acceptors (Lipinski definition) is 6. The quantitative estimate of drug-likeness (QED) is 0.822. The SMILES string of the molecule is CCCNC(=O)c1ncc2c(C3C=NC=CN3C#N)c(F)ccc2c1N. The maximum atomic E-state index is 14.6. The van der Waals surface area contributed by atoms with Gasteiger partial charge in [-0.2, -0.15) is 5.26 Å². The van der Waals surface area contributed by atoms with E-state index >= 15 is 0 Å². The first-order valence-corrected chi connectivity index (χ1v) is 8.11. The van der Waals surface area contributed by atoms with Gasteiger partial charge in [0.05, 0.1) is 5.69 Å². The predicted octanol–water partition coefficient (Wildman–Crippen LogP) is 2.48. The molecule has 1 unspecified atom stereocenters. The van der Waals surface area contributed by atoms with Crippen LogP contribution in [0.5, 0.6) is 0 Å². The number of nitriles is 1. The van der Waals surface area contributed by atoms with Crippen molar-refractivity contribution >= 4 is 28.6 Å². The predicted molar refractivity (Wildman–Crippen MR) is 96.6 cm³/mol. The number of amides is 1. The minimum atomic E-state index is -0.713. The fourth-order valence-corrected chi connectivity index (χ4v) is 2.83. The van der Waals surface area contributed by atoms with E-state index in [0.29, 0.717) is 17.3 Å². The van der Waals surface area contributed by atoms with E-state index in [9.17, 15) is 14.4 Å². The summed E-state index contributed by atoms with van der Waals surface area (Å²) in [4.78, 5) is 21.6. The summed E-state index contributed by atoms with van der Waals surface area (Å²) in [6, 6.07) is 2.06. The van der Waals surface area contributed by atoms with Gasteiger partial charge in [-0.3, -0.25) is 14.7 Å². The van der Waals surface area contributed by atoms with Gasteiger partial charge in [0.1, 0.15) is 11.9 Å². The monoisotopic (exact) mass is 352 g/mol. The molecule has 0 fully saturated rings. The van der Waals surface area contributed by atoms with Crippen molar-refractivity contribution in [2.75, 3.05) is 12.3 Å². The van der Waals surface area contributed by atoms with Crippen LogP contribution in [0.2, 0.25) is 0 Å². The number of nitrogens with one attached hydrogen (secondary N) is 1. The van der Waals surface area contributed by atoms with E-state index in [-0.39, 0.29) is 22.9 Å². The molecule has 0 saturated carbocycles. The smallest absolute Gasteiger partial charge is 0.272 e. The van der Waals surface area contributed by atoms with Gasteiger partial charge in [-0.25, -0.2) is 9.37 Å². The van der Waals surface area contributed by atoms with Crippen molar-refractivity contribution in [1.82, 2.24) is 15.2 Å². The third-order valence-electron chi connectivity index (χ3n) is 4.10. The molecule has 0 aliphatic carbocycles. The van der Waals surface area contributed by atoms with Crippen molar-refractivity contribution in [3.63, 3.8) is 0 Å². The molecule has 0 spiro atoms. The Morgan fingerprint density at radius 2 is 2.27 bits per heavy atom. The van der Waals surface area contributed by atoms with Gasteiger partial charge in [0.25, 0.3) is 5.91 Å². The molecule has 1 atom stereocenters. The zero-order chi connectivity index (χ0) is 18.7. The second-order valence-corrected chi connectivity index (χ2v) is 5.75. The summed E-state index contributed by atoms with van der Waals surface area (Å²) in [5.74, 6) is -0.883. The first-order chi connectivity index (χ1) is 12.6. The summed E-state index contributed by atoms with van der Waals surface area (Å²) < 4.78 is 14.6. The molecular weight excluding hydrogens is 335 g/mol. The van der Waals surface area contributed by atoms with Crippen LogP contribution in [0.4, 0.5) is 10.1 Å². The number of pyridine rings is 1. The summed E-state index contributed by atoms with van der Waals surface area (Å²) in [7, 11) is 0. The lowest BCUT2D eigenvalue weighted by Gasteiger charge is -2.24. The standard InChI is InChI=1S/C18H17FN6O/c1-2-5-23-18(26)17-16(21)11-3-4-13(19)15(12(11)8-24-17)14-9-22-6-7-25(14)10-20/h3-4,6-9,14H,2,5,21H2,1H3,(H,23,26). The van der Waals surface area contributed by atoms with Gasteiger partial charge in [0, 0.05) is 47.7 Å². The number of aliphatic imine (C=N–C) groups is 1. The number of rotatable bonds is 4. The molecule has 1 aliphatic heterocycles. The lowest BCUT2D eigenvalue weighted by atomic mass is 9.97. The Bertz CT molecular complexity index is 962. The molecular formula is C18H17FN6O. The van der Waals surface area contributed by atoms with Gasteiger partial charge in [0.2, 0.25) is 0 Å². The number of fused-ring (bicyclic) bond motifs is 1. The number of halogens is 1. The Kier molecular flexibility index (Phi) is 4.80. The molecule has 26 heavy (non-hydrogen) atoms. The minimum Gasteiger partial charge on any atom is -0.396 e. The van der Waals surface area contributed by atoms with Crippen molar-refractivity contribution in [2.24, 2.45) is 4.99 Å². The van der Waals surface area contributed by atoms with Gasteiger partial charge < -0.3 is 11.1 Å². The zero-order valence-corrected chi connectivity index (χ0v) is 14.1. The second-order valence-electron chi connectivity index (χ2n) is 5.75. The van der Waals surface area contributed by atoms with Crippen LogP contribution in [-0.4, -0.2) is 28.6 Å². The van der Waals surface area contributed by atoms with Crippen LogP contribution in [0.3, 0.4) is 0 Å². The van der Waals surface area contributed by atoms with Crippen LogP contribution < -0.4 is 11.1 Å². The van der Waals surface area contributed by atoms with Crippen molar-refractivity contribution < 1.29 is 9.18 Å². The van der Waals surface area contributed by atoms with E-state index in [1.54, 1.807) is 0 Å². The number of nitrogens with zero attached hydrogens (tertiary/aromatic N) is 4. The van der Waals surface area contributed by atoms with E-state index in [1.807, 2.05) is 13.1 Å². The number of nitrogen functional groups attached to an aromatic ring is 1. The van der Waals surface area contributed by atoms with Crippen LogP contribution in [0.1, 0.15) is 35.4 Å². The largest absolute Gasteiger partial charge is 0.396 e. The van der Waals surface area contributed by atoms with E-state index in [2.05, 4.69) is 15.3 Å². The minimum absolute atomic E-state index is 0.0952. The maximum Gasteiger partial charge on any atom is 0.272 e. The molecule has 132 valence electrons. The fraction of sp³-hybridized carbons (Fsp3) is 0.222. The Hall–Kier alpha value is -3.47. The average Bonchev–Trinajstić information content (AvgIpc) is 2.66. The van der Waals surface area contributed by atoms with Crippen LogP contribution >= 0.6 is 0 Å². The number of anilines is 1. The summed E-state index contributed by atoms with van der Waals surface area (Å²) in [5, 5.41) is 12.9. The molecule has 0 saturated heterocycles. The van der Waals surface area contributed by atoms with Gasteiger partial charge in [-0.05, 0) is 18.6 Å². The molecule has 3 N–H and O–H groups in total. The molecule has 0 radical (unpaired) electrons. The summed E-state index contributed by atoms with van der Waals surface area (Å²) >= 11 is 0. The maximum absolute atomic E-state index is 14.6. The molecule has 3 rings (SSSR count). The van der Waals surface area contributed by atoms with E-state index in [4.69, 9.17) is 5.73 Å². The van der Waals surface area contributed by atoms with Crippen molar-refractivity contribution in [1.29, 1.82) is 5.26 Å². The fourth-order valence-electron chi connectivity index (χ4n) is 2.83. The molecule has 7 nitrogen and oxygen atoms in total. The zero-order valence-electron chi connectivity index (χ0n) is 14.1. The van der Waals surface area contributed by atoms with E-state index in [0.717, 1.165) is 6.42 Å². The van der Waals surface area contributed by atoms with Gasteiger partial charge >= 0.3 is 0 Å². The van der Waals surface area contributed by atoms with Crippen LogP contribution in [0, 0.1) is 17.3 Å². The third kappa shape index (κ3) is 2.95. The van der Waals surface area contributed by atoms with Crippen molar-refractivity contribution in [3.05, 3.63) is 47.8 Å². The summed E-state index contributed by atoms with van der Waals surface area (Å²) in [6.45, 7) is 2.45. The first-order valence-electron chi connectivity index (χ1n) is 8.11. The molecule has 1 aromatic heterocycles. The summed E-state index contributed by atoms with van der Waals surface area (Å²) in [5.41, 5.74) is 6.63. The molecule has 2 aromatic rings. The Labute approximate surface area is 149 Å². The van der Waals surface area contributed by atoms with Gasteiger partial charge in [-0.15, -0.1) is 0 Å². The molecule has 0 bridgehead atoms. The molecule has 1 aromatic carbocycles. The average molecular weight is 352 g/mol. The summed E-state index contributed by atoms with van der Waals surface area (Å²) in [6.07, 6.45) is 8.56. The third-order valence-corrected chi connectivity index (χ3v) is 4.10. The highest BCUT2D eigenvalue weighted by Crippen LogP contribution is 2.33. The van der Waals surface area contributed by atoms with Crippen molar-refractivity contribution in [3.8, 4) is 6.19 Å². The Morgan fingerprint density at radius 3 is 3.00 bits per heavy atom. The van der Waals surface area contributed by atoms with Crippen LogP contribution in [0.15, 0.2) is 35.7 Å². The highest BCUT2D eigenvalue weighted by molar-refractivity contribution is 6.06. The number of aromatic nitrogens is 1. The lowest BCUT2D eigenvalue weighted by molar-refractivity contribution is 0.0950. The number of carbonyl (C=O) groups is 1. The number of hydrogen-bond donors (Lipinski definition) is 2. The van der Waals surface area contributed by atoms with Crippen molar-refractivity contribution in [2.45, 2.75) is 19.4 Å². The second kappa shape index (κ2) is 7.19. The number of nitrogens with two attached hydrogens (primary N) is 1. The highest BCUT2D eigenvalue weighted by atomic mass is 19.1. The number of benzene rings is 1. The van der Waals surface area contributed by atoms with Crippen LogP contribution in [-0.2, 0) is 0 Å². The normalized spacial score (nSPS) is 15.9. The molecule has 1 amide bonds. The van der Waals surface area contributed by atoms with Gasteiger partial charge in [0.15, 0.2) is 11.9 Å². The molecule has 2 heterocycles. The van der Waals surface area contributed by atoms with Crippen LogP contribution in [0.25, 0.3) is 10.8 Å². The Morgan fingerprint density at radius 1 is 1.46 bits per heavy atom. The lowest BCUT2D eigenvalue weighted by Crippen LogP contribution is -2.26. The van der Waals surface area contributed by atoms with E-state index in [1.165, 1.54) is 41.8 Å².